The average molecular weight is 733 g/mol. The van der Waals surface area contributed by atoms with Crippen molar-refractivity contribution in [2.24, 2.45) is 23.7 Å². The molecule has 0 spiro atoms. The SMILES string of the molecule is CCN(C)[C@H]1C[C@@H](C)O[C@@H](O[C@@H]2[C@@H](C)[C@H](O[C@H]3C[C@@](C)(OC)C[C@H](C)O3)[C@@H](C)C(=O)N[C@H](CCF)[C@@](C)(O)[C@H](O)[C@@H](C)[C@H]3O[C@]2(C)C[C@H]3C)[C@@H]1O. The number of alkyl halides is 1. The van der Waals surface area contributed by atoms with Crippen molar-refractivity contribution < 1.29 is 52.9 Å². The molecule has 12 nitrogen and oxygen atoms in total. The van der Waals surface area contributed by atoms with Gasteiger partial charge in [0.15, 0.2) is 12.6 Å². The molecule has 4 aliphatic rings. The van der Waals surface area contributed by atoms with Gasteiger partial charge in [-0.25, -0.2) is 0 Å². The van der Waals surface area contributed by atoms with E-state index >= 15 is 0 Å². The molecule has 0 saturated carbocycles. The molecular weight excluding hydrogens is 663 g/mol. The molecule has 4 N–H and O–H groups in total. The van der Waals surface area contributed by atoms with Crippen LogP contribution in [0.15, 0.2) is 0 Å². The highest BCUT2D eigenvalue weighted by atomic mass is 19.1. The molecular formula is C38H69FN2O10. The molecule has 1 amide bonds. The molecule has 0 aromatic rings. The maximum absolute atomic E-state index is 14.2. The first kappa shape index (κ1) is 42.7. The number of rotatable bonds is 9. The number of hydrogen-bond donors (Lipinski definition) is 4. The van der Waals surface area contributed by atoms with E-state index in [-0.39, 0.29) is 30.6 Å². The van der Waals surface area contributed by atoms with E-state index in [0.717, 1.165) is 6.54 Å². The van der Waals surface area contributed by atoms with E-state index in [1.807, 2.05) is 62.4 Å². The van der Waals surface area contributed by atoms with Gasteiger partial charge in [-0.15, -0.1) is 0 Å². The van der Waals surface area contributed by atoms with E-state index in [2.05, 4.69) is 10.2 Å². The van der Waals surface area contributed by atoms with Gasteiger partial charge >= 0.3 is 0 Å². The fourth-order valence-electron chi connectivity index (χ4n) is 9.50. The molecule has 2 bridgehead atoms. The number of aliphatic hydroxyl groups is 3. The highest BCUT2D eigenvalue weighted by Gasteiger charge is 2.57. The van der Waals surface area contributed by atoms with Crippen LogP contribution in [0.3, 0.4) is 0 Å². The molecule has 4 heterocycles. The maximum atomic E-state index is 14.2. The first-order valence-electron chi connectivity index (χ1n) is 19.2. The summed E-state index contributed by atoms with van der Waals surface area (Å²) in [6.45, 7) is 18.8. The van der Waals surface area contributed by atoms with Crippen LogP contribution in [-0.2, 0) is 33.2 Å². The Morgan fingerprint density at radius 2 is 1.65 bits per heavy atom. The lowest BCUT2D eigenvalue weighted by Gasteiger charge is -2.48. The third-order valence-corrected chi connectivity index (χ3v) is 12.7. The molecule has 0 aromatic heterocycles. The van der Waals surface area contributed by atoms with Crippen molar-refractivity contribution in [2.45, 2.75) is 186 Å². The summed E-state index contributed by atoms with van der Waals surface area (Å²) in [6, 6.07) is -1.30. The number of halogens is 1. The normalized spacial score (nSPS) is 50.3. The second kappa shape index (κ2) is 16.8. The summed E-state index contributed by atoms with van der Waals surface area (Å²) in [4.78, 5) is 16.3. The number of ether oxygens (including phenoxy) is 6. The molecule has 298 valence electrons. The Hall–Kier alpha value is -1.00. The zero-order valence-electron chi connectivity index (χ0n) is 33.1. The van der Waals surface area contributed by atoms with E-state index < -0.39 is 96.3 Å². The van der Waals surface area contributed by atoms with Crippen LogP contribution >= 0.6 is 0 Å². The number of fused-ring (bicyclic) bond motifs is 2. The molecule has 0 unspecified atom stereocenters. The number of carbonyl (C=O) groups is 1. The third kappa shape index (κ3) is 9.11. The Kier molecular flexibility index (Phi) is 14.1. The van der Waals surface area contributed by atoms with Crippen molar-refractivity contribution in [3.8, 4) is 0 Å². The van der Waals surface area contributed by atoms with E-state index in [1.165, 1.54) is 6.92 Å². The fraction of sp³-hybridized carbons (Fsp3) is 0.974. The molecule has 0 aliphatic carbocycles. The van der Waals surface area contributed by atoms with Crippen LogP contribution in [-0.4, -0.2) is 138 Å². The maximum Gasteiger partial charge on any atom is 0.225 e. The Morgan fingerprint density at radius 1 is 0.980 bits per heavy atom. The van der Waals surface area contributed by atoms with Crippen LogP contribution in [0.1, 0.15) is 101 Å². The van der Waals surface area contributed by atoms with Gasteiger partial charge in [-0.05, 0) is 73.4 Å². The summed E-state index contributed by atoms with van der Waals surface area (Å²) in [5, 5.41) is 38.1. The van der Waals surface area contributed by atoms with Crippen molar-refractivity contribution in [2.75, 3.05) is 27.4 Å². The van der Waals surface area contributed by atoms with Gasteiger partial charge in [0, 0.05) is 37.8 Å². The second-order valence-corrected chi connectivity index (χ2v) is 17.1. The number of nitrogens with zero attached hydrogens (tertiary/aromatic N) is 1. The molecule has 4 saturated heterocycles. The lowest BCUT2D eigenvalue weighted by Crippen LogP contribution is -2.61. The Bertz CT molecular complexity index is 1150. The van der Waals surface area contributed by atoms with Crippen molar-refractivity contribution in [3.05, 3.63) is 0 Å². The van der Waals surface area contributed by atoms with Crippen LogP contribution in [0.4, 0.5) is 4.39 Å². The number of amides is 1. The van der Waals surface area contributed by atoms with Crippen LogP contribution in [0.25, 0.3) is 0 Å². The van der Waals surface area contributed by atoms with Gasteiger partial charge in [0.1, 0.15) is 11.7 Å². The van der Waals surface area contributed by atoms with Crippen molar-refractivity contribution in [1.29, 1.82) is 0 Å². The number of likely N-dealkylation sites (N-methyl/N-ethyl adjacent to an activating group) is 1. The highest BCUT2D eigenvalue weighted by molar-refractivity contribution is 5.79. The van der Waals surface area contributed by atoms with E-state index in [9.17, 15) is 24.5 Å². The largest absolute Gasteiger partial charge is 0.390 e. The molecule has 4 fully saturated rings. The predicted molar refractivity (Wildman–Crippen MR) is 189 cm³/mol. The predicted octanol–water partition coefficient (Wildman–Crippen LogP) is 3.56. The Labute approximate surface area is 305 Å². The van der Waals surface area contributed by atoms with Gasteiger partial charge in [0.2, 0.25) is 5.91 Å². The monoisotopic (exact) mass is 732 g/mol. The Balaban J connectivity index is 1.83. The first-order valence-corrected chi connectivity index (χ1v) is 19.2. The Morgan fingerprint density at radius 3 is 2.25 bits per heavy atom. The number of hydrogen-bond acceptors (Lipinski definition) is 11. The zero-order valence-corrected chi connectivity index (χ0v) is 33.1. The fourth-order valence-corrected chi connectivity index (χ4v) is 9.50. The van der Waals surface area contributed by atoms with Gasteiger partial charge in [-0.3, -0.25) is 9.18 Å². The van der Waals surface area contributed by atoms with E-state index in [0.29, 0.717) is 25.7 Å². The summed E-state index contributed by atoms with van der Waals surface area (Å²) < 4.78 is 53.3. The summed E-state index contributed by atoms with van der Waals surface area (Å²) >= 11 is 0. The van der Waals surface area contributed by atoms with Crippen molar-refractivity contribution in [1.82, 2.24) is 10.2 Å². The molecule has 0 radical (unpaired) electrons. The van der Waals surface area contributed by atoms with Crippen LogP contribution in [0.2, 0.25) is 0 Å². The molecule has 4 aliphatic heterocycles. The van der Waals surface area contributed by atoms with Gasteiger partial charge < -0.3 is 54.0 Å². The lowest BCUT2D eigenvalue weighted by atomic mass is 9.75. The summed E-state index contributed by atoms with van der Waals surface area (Å²) in [6.07, 6.45) is -4.54. The van der Waals surface area contributed by atoms with Crippen LogP contribution in [0, 0.1) is 23.7 Å². The minimum atomic E-state index is -1.88. The second-order valence-electron chi connectivity index (χ2n) is 17.1. The highest BCUT2D eigenvalue weighted by Crippen LogP contribution is 2.47. The summed E-state index contributed by atoms with van der Waals surface area (Å²) in [5.41, 5.74) is -3.40. The smallest absolute Gasteiger partial charge is 0.225 e. The van der Waals surface area contributed by atoms with Crippen molar-refractivity contribution in [3.63, 3.8) is 0 Å². The van der Waals surface area contributed by atoms with Gasteiger partial charge in [-0.2, -0.15) is 0 Å². The standard InChI is InChI=1S/C38H69FN2O10/c1-13-41(11)26-16-21(3)48-35(29(26)42)50-33-24(6)31(49-28-19-36(8,46-12)18-22(4)47-28)25(7)34(44)40-27(14-15-39)38(10,45)32(43)23(5)30-20(2)17-37(33,9)51-30/h20-33,35,42-43,45H,13-19H2,1-12H3,(H,40,44)/t20-,21-,22+,23+,24+,25-,26+,27-,28+,29-,30+,31+,32-,33-,35+,36+,37-,38-/m1/s1. The average Bonchev–Trinajstić information content (AvgIpc) is 3.38. The minimum absolute atomic E-state index is 0.0808. The van der Waals surface area contributed by atoms with Gasteiger partial charge in [0.25, 0.3) is 0 Å². The summed E-state index contributed by atoms with van der Waals surface area (Å²) in [5.74, 6) is -2.56. The topological polar surface area (TPSA) is 148 Å². The molecule has 51 heavy (non-hydrogen) atoms. The lowest BCUT2D eigenvalue weighted by molar-refractivity contribution is -0.311. The number of nitrogens with one attached hydrogen (secondary N) is 1. The molecule has 4 rings (SSSR count). The molecule has 13 heteroatoms. The van der Waals surface area contributed by atoms with Gasteiger partial charge in [0.05, 0.1) is 66.5 Å². The molecule has 18 atom stereocenters. The quantitative estimate of drug-likeness (QED) is 0.276. The van der Waals surface area contributed by atoms with Gasteiger partial charge in [-0.1, -0.05) is 34.6 Å². The number of methoxy groups -OCH3 is 1. The van der Waals surface area contributed by atoms with Crippen LogP contribution in [0.5, 0.6) is 0 Å². The third-order valence-electron chi connectivity index (χ3n) is 12.7. The van der Waals surface area contributed by atoms with E-state index in [1.54, 1.807) is 14.0 Å². The minimum Gasteiger partial charge on any atom is -0.390 e. The molecule has 0 aromatic carbocycles. The number of aliphatic hydroxyl groups excluding tert-OH is 2. The number of carbonyl (C=O) groups excluding carboxylic acids is 1. The van der Waals surface area contributed by atoms with Crippen LogP contribution < -0.4 is 5.32 Å². The van der Waals surface area contributed by atoms with Crippen molar-refractivity contribution >= 4 is 5.91 Å². The van der Waals surface area contributed by atoms with E-state index in [4.69, 9.17) is 28.4 Å². The zero-order chi connectivity index (χ0) is 38.2. The first-order chi connectivity index (χ1) is 23.7. The summed E-state index contributed by atoms with van der Waals surface area (Å²) in [7, 11) is 3.64.